The Bertz CT molecular complexity index is 740. The van der Waals surface area contributed by atoms with Crippen LogP contribution in [0.3, 0.4) is 0 Å². The lowest BCUT2D eigenvalue weighted by atomic mass is 9.65. The number of nitrogens with zero attached hydrogens (tertiary/aromatic N) is 1. The zero-order valence-corrected chi connectivity index (χ0v) is 12.1. The van der Waals surface area contributed by atoms with E-state index in [-0.39, 0.29) is 17.0 Å². The highest BCUT2D eigenvalue weighted by Crippen LogP contribution is 2.53. The van der Waals surface area contributed by atoms with Gasteiger partial charge in [0.25, 0.3) is 0 Å². The van der Waals surface area contributed by atoms with E-state index in [0.29, 0.717) is 12.1 Å². The molecule has 2 aliphatic rings. The number of anilines is 1. The Hall–Kier alpha value is -2.10. The lowest BCUT2D eigenvalue weighted by Gasteiger charge is -2.39. The molecule has 1 heterocycles. The fraction of sp³-hybridized carbons (Fsp3) is 0.333. The van der Waals surface area contributed by atoms with E-state index in [4.69, 9.17) is 0 Å². The SMILES string of the molecule is Oc1cccc(CN2CC3(CCC3)c3c(F)cccc32)c1F. The second-order valence-electron chi connectivity index (χ2n) is 6.37. The van der Waals surface area contributed by atoms with Gasteiger partial charge < -0.3 is 10.0 Å². The summed E-state index contributed by atoms with van der Waals surface area (Å²) >= 11 is 0. The third-order valence-corrected chi connectivity index (χ3v) is 5.09. The average molecular weight is 301 g/mol. The lowest BCUT2D eigenvalue weighted by molar-refractivity contribution is 0.255. The largest absolute Gasteiger partial charge is 0.505 e. The summed E-state index contributed by atoms with van der Waals surface area (Å²) in [6.07, 6.45) is 3.09. The van der Waals surface area contributed by atoms with E-state index < -0.39 is 5.82 Å². The van der Waals surface area contributed by atoms with Crippen molar-refractivity contribution < 1.29 is 13.9 Å². The normalized spacial score (nSPS) is 18.4. The van der Waals surface area contributed by atoms with Crippen molar-refractivity contribution >= 4 is 5.69 Å². The second kappa shape index (κ2) is 4.70. The molecule has 1 saturated carbocycles. The van der Waals surface area contributed by atoms with Crippen LogP contribution in [0.15, 0.2) is 36.4 Å². The third kappa shape index (κ3) is 1.83. The Kier molecular flexibility index (Phi) is 2.90. The van der Waals surface area contributed by atoms with Crippen LogP contribution in [0.5, 0.6) is 5.75 Å². The van der Waals surface area contributed by atoms with Gasteiger partial charge in [-0.1, -0.05) is 24.6 Å². The minimum absolute atomic E-state index is 0.103. The minimum Gasteiger partial charge on any atom is -0.505 e. The van der Waals surface area contributed by atoms with Gasteiger partial charge in [0.15, 0.2) is 11.6 Å². The maximum Gasteiger partial charge on any atom is 0.169 e. The number of hydrogen-bond acceptors (Lipinski definition) is 2. The molecule has 2 nitrogen and oxygen atoms in total. The Balaban J connectivity index is 1.73. The zero-order chi connectivity index (χ0) is 15.3. The van der Waals surface area contributed by atoms with Crippen LogP contribution in [0.4, 0.5) is 14.5 Å². The molecule has 114 valence electrons. The van der Waals surface area contributed by atoms with Crippen molar-refractivity contribution in [2.24, 2.45) is 0 Å². The Morgan fingerprint density at radius 3 is 2.59 bits per heavy atom. The summed E-state index contributed by atoms with van der Waals surface area (Å²) in [6, 6.07) is 9.76. The molecule has 0 saturated heterocycles. The first kappa shape index (κ1) is 13.6. The maximum absolute atomic E-state index is 14.3. The predicted octanol–water partition coefficient (Wildman–Crippen LogP) is 4.11. The van der Waals surface area contributed by atoms with E-state index in [1.54, 1.807) is 18.2 Å². The molecule has 1 fully saturated rings. The molecule has 0 aromatic heterocycles. The van der Waals surface area contributed by atoms with E-state index in [2.05, 4.69) is 0 Å². The van der Waals surface area contributed by atoms with Crippen molar-refractivity contribution in [1.29, 1.82) is 0 Å². The van der Waals surface area contributed by atoms with Crippen molar-refractivity contribution in [2.45, 2.75) is 31.2 Å². The standard InChI is InChI=1S/C18H17F2NO/c19-13-5-2-6-14-16(13)18(8-3-9-18)11-21(14)10-12-4-1-7-15(22)17(12)20/h1-2,4-7,22H,3,8-11H2. The number of aromatic hydroxyl groups is 1. The van der Waals surface area contributed by atoms with Crippen LogP contribution in [0.2, 0.25) is 0 Å². The molecule has 4 heteroatoms. The van der Waals surface area contributed by atoms with Gasteiger partial charge in [-0.3, -0.25) is 0 Å². The third-order valence-electron chi connectivity index (χ3n) is 5.09. The molecule has 1 aliphatic carbocycles. The van der Waals surface area contributed by atoms with E-state index in [1.165, 1.54) is 12.1 Å². The summed E-state index contributed by atoms with van der Waals surface area (Å²) in [6.45, 7) is 1.07. The molecule has 1 spiro atoms. The first-order chi connectivity index (χ1) is 10.6. The van der Waals surface area contributed by atoms with Gasteiger partial charge >= 0.3 is 0 Å². The molecular formula is C18H17F2NO. The highest BCUT2D eigenvalue weighted by atomic mass is 19.1. The highest BCUT2D eigenvalue weighted by molar-refractivity contribution is 5.64. The maximum atomic E-state index is 14.3. The molecule has 1 aliphatic heterocycles. The number of halogens is 2. The van der Waals surface area contributed by atoms with Crippen LogP contribution in [0.25, 0.3) is 0 Å². The second-order valence-corrected chi connectivity index (χ2v) is 6.37. The number of benzene rings is 2. The van der Waals surface area contributed by atoms with Crippen molar-refractivity contribution in [2.75, 3.05) is 11.4 Å². The highest BCUT2D eigenvalue weighted by Gasteiger charge is 2.48. The van der Waals surface area contributed by atoms with Gasteiger partial charge in [0, 0.05) is 35.3 Å². The monoisotopic (exact) mass is 301 g/mol. The number of rotatable bonds is 2. The smallest absolute Gasteiger partial charge is 0.169 e. The topological polar surface area (TPSA) is 23.5 Å². The molecule has 22 heavy (non-hydrogen) atoms. The molecule has 2 aromatic carbocycles. The van der Waals surface area contributed by atoms with E-state index in [9.17, 15) is 13.9 Å². The van der Waals surface area contributed by atoms with Gasteiger partial charge in [0.1, 0.15) is 5.82 Å². The van der Waals surface area contributed by atoms with Crippen LogP contribution in [0, 0.1) is 11.6 Å². The summed E-state index contributed by atoms with van der Waals surface area (Å²) in [5.41, 5.74) is 1.99. The summed E-state index contributed by atoms with van der Waals surface area (Å²) in [5, 5.41) is 9.52. The van der Waals surface area contributed by atoms with Crippen LogP contribution in [0.1, 0.15) is 30.4 Å². The number of phenolic OH excluding ortho intramolecular Hbond substituents is 1. The first-order valence-corrected chi connectivity index (χ1v) is 7.61. The number of fused-ring (bicyclic) bond motifs is 2. The summed E-state index contributed by atoms with van der Waals surface area (Å²) in [4.78, 5) is 2.04. The van der Waals surface area contributed by atoms with Crippen LogP contribution >= 0.6 is 0 Å². The number of hydrogen-bond donors (Lipinski definition) is 1. The fourth-order valence-corrected chi connectivity index (χ4v) is 3.88. The predicted molar refractivity (Wildman–Crippen MR) is 81.0 cm³/mol. The first-order valence-electron chi connectivity index (χ1n) is 7.61. The van der Waals surface area contributed by atoms with Crippen molar-refractivity contribution in [3.05, 3.63) is 59.2 Å². The van der Waals surface area contributed by atoms with Crippen LogP contribution < -0.4 is 4.90 Å². The van der Waals surface area contributed by atoms with Crippen LogP contribution in [-0.4, -0.2) is 11.7 Å². The molecular weight excluding hydrogens is 284 g/mol. The molecule has 0 unspecified atom stereocenters. The molecule has 2 aromatic rings. The van der Waals surface area contributed by atoms with Gasteiger partial charge in [0.05, 0.1) is 0 Å². The van der Waals surface area contributed by atoms with Gasteiger partial charge in [0.2, 0.25) is 0 Å². The summed E-state index contributed by atoms with van der Waals surface area (Å²) in [7, 11) is 0. The Morgan fingerprint density at radius 2 is 1.86 bits per heavy atom. The molecule has 0 amide bonds. The summed E-state index contributed by atoms with van der Waals surface area (Å²) < 4.78 is 28.4. The molecule has 4 rings (SSSR count). The van der Waals surface area contributed by atoms with E-state index >= 15 is 0 Å². The van der Waals surface area contributed by atoms with Crippen molar-refractivity contribution in [3.63, 3.8) is 0 Å². The van der Waals surface area contributed by atoms with Gasteiger partial charge in [-0.25, -0.2) is 8.78 Å². The van der Waals surface area contributed by atoms with Gasteiger partial charge in [-0.2, -0.15) is 0 Å². The Labute approximate surface area is 128 Å². The molecule has 0 atom stereocenters. The average Bonchev–Trinajstić information content (AvgIpc) is 2.80. The van der Waals surface area contributed by atoms with Crippen molar-refractivity contribution in [3.8, 4) is 5.75 Å². The van der Waals surface area contributed by atoms with Gasteiger partial charge in [-0.05, 0) is 31.0 Å². The summed E-state index contributed by atoms with van der Waals surface area (Å²) in [5.74, 6) is -1.08. The quantitative estimate of drug-likeness (QED) is 0.902. The fourth-order valence-electron chi connectivity index (χ4n) is 3.88. The van der Waals surface area contributed by atoms with E-state index in [0.717, 1.165) is 37.1 Å². The number of phenols is 1. The van der Waals surface area contributed by atoms with Crippen LogP contribution in [-0.2, 0) is 12.0 Å². The Morgan fingerprint density at radius 1 is 1.09 bits per heavy atom. The lowest BCUT2D eigenvalue weighted by Crippen LogP contribution is -2.39. The molecule has 1 N–H and O–H groups in total. The zero-order valence-electron chi connectivity index (χ0n) is 12.1. The molecule has 0 bridgehead atoms. The molecule has 0 radical (unpaired) electrons. The van der Waals surface area contributed by atoms with Crippen molar-refractivity contribution in [1.82, 2.24) is 0 Å². The van der Waals surface area contributed by atoms with Gasteiger partial charge in [-0.15, -0.1) is 0 Å². The minimum atomic E-state index is -0.588. The van der Waals surface area contributed by atoms with E-state index in [1.807, 2.05) is 11.0 Å².